The summed E-state index contributed by atoms with van der Waals surface area (Å²) in [6, 6.07) is 2.28. The molecule has 0 aliphatic heterocycles. The van der Waals surface area contributed by atoms with Gasteiger partial charge in [0.15, 0.2) is 8.68 Å². The lowest BCUT2D eigenvalue weighted by molar-refractivity contribution is -0.122. The molecule has 1 aliphatic rings. The third kappa shape index (κ3) is 5.36. The Morgan fingerprint density at radius 2 is 2.04 bits per heavy atom. The van der Waals surface area contributed by atoms with E-state index >= 15 is 0 Å². The average molecular weight is 386 g/mol. The van der Waals surface area contributed by atoms with Gasteiger partial charge in [-0.2, -0.15) is 5.26 Å². The van der Waals surface area contributed by atoms with Gasteiger partial charge < -0.3 is 11.1 Å². The summed E-state index contributed by atoms with van der Waals surface area (Å²) >= 11 is 3.85. The van der Waals surface area contributed by atoms with Crippen LogP contribution in [0.5, 0.6) is 0 Å². The highest BCUT2D eigenvalue weighted by molar-refractivity contribution is 8.04. The molecule has 1 fully saturated rings. The molecule has 1 unspecified atom stereocenters. The van der Waals surface area contributed by atoms with Crippen LogP contribution in [0.2, 0.25) is 0 Å². The van der Waals surface area contributed by atoms with Crippen LogP contribution in [-0.4, -0.2) is 38.6 Å². The fourth-order valence-corrected chi connectivity index (χ4v) is 5.30. The molecule has 1 aromatic rings. The van der Waals surface area contributed by atoms with Crippen molar-refractivity contribution in [3.8, 4) is 6.07 Å². The molecule has 0 spiro atoms. The Morgan fingerprint density at radius 1 is 1.38 bits per heavy atom. The van der Waals surface area contributed by atoms with E-state index in [1.165, 1.54) is 34.9 Å². The number of hydrogen-bond acceptors (Lipinski definition) is 8. The lowest BCUT2D eigenvalue weighted by atomic mass is 9.83. The molecule has 0 aromatic carbocycles. The summed E-state index contributed by atoms with van der Waals surface area (Å²) < 4.78 is 1.30. The lowest BCUT2D eigenvalue weighted by Gasteiger charge is -2.32. The fourth-order valence-electron chi connectivity index (χ4n) is 2.40. The van der Waals surface area contributed by atoms with E-state index in [1.54, 1.807) is 6.92 Å². The number of carbonyl (C=O) groups excluding carboxylic acids is 2. The van der Waals surface area contributed by atoms with E-state index < -0.39 is 11.4 Å². The van der Waals surface area contributed by atoms with Crippen LogP contribution in [0.15, 0.2) is 8.68 Å². The molecule has 1 aromatic heterocycles. The molecule has 10 heteroatoms. The van der Waals surface area contributed by atoms with E-state index in [0.29, 0.717) is 21.5 Å². The molecule has 24 heavy (non-hydrogen) atoms. The van der Waals surface area contributed by atoms with Gasteiger partial charge in [-0.3, -0.25) is 9.59 Å². The van der Waals surface area contributed by atoms with Crippen molar-refractivity contribution in [3.05, 3.63) is 0 Å². The minimum Gasteiger partial charge on any atom is -0.369 e. The molecule has 1 aliphatic carbocycles. The second-order valence-electron chi connectivity index (χ2n) is 5.59. The van der Waals surface area contributed by atoms with Crippen LogP contribution < -0.4 is 11.1 Å². The van der Waals surface area contributed by atoms with Crippen LogP contribution in [-0.2, 0) is 9.59 Å². The molecule has 0 saturated heterocycles. The Labute approximate surface area is 153 Å². The number of thioether (sulfide) groups is 2. The number of nitrogens with two attached hydrogens (primary N) is 1. The monoisotopic (exact) mass is 385 g/mol. The third-order valence-electron chi connectivity index (χ3n) is 3.66. The van der Waals surface area contributed by atoms with Crippen molar-refractivity contribution in [2.45, 2.75) is 58.5 Å². The molecular formula is C14H19N5O2S3. The molecule has 0 bridgehead atoms. The smallest absolute Gasteiger partial charge is 0.234 e. The summed E-state index contributed by atoms with van der Waals surface area (Å²) in [6.45, 7) is 1.78. The van der Waals surface area contributed by atoms with Crippen molar-refractivity contribution >= 4 is 46.7 Å². The topological polar surface area (TPSA) is 122 Å². The van der Waals surface area contributed by atoms with Crippen LogP contribution in [0, 0.1) is 11.3 Å². The minimum atomic E-state index is -0.728. The number of nitrogens with zero attached hydrogens (tertiary/aromatic N) is 3. The summed E-state index contributed by atoms with van der Waals surface area (Å²) in [6.07, 6.45) is 4.46. The summed E-state index contributed by atoms with van der Waals surface area (Å²) in [4.78, 5) is 23.2. The second kappa shape index (κ2) is 8.69. The first-order valence-corrected chi connectivity index (χ1v) is 10.3. The highest BCUT2D eigenvalue weighted by atomic mass is 32.2. The maximum atomic E-state index is 12.4. The first-order valence-electron chi connectivity index (χ1n) is 7.59. The average Bonchev–Trinajstić information content (AvgIpc) is 3.01. The summed E-state index contributed by atoms with van der Waals surface area (Å²) in [5.74, 6) is -0.420. The van der Waals surface area contributed by atoms with Crippen LogP contribution >= 0.6 is 34.9 Å². The molecule has 1 heterocycles. The molecule has 3 N–H and O–H groups in total. The third-order valence-corrected chi connectivity index (χ3v) is 6.92. The van der Waals surface area contributed by atoms with Crippen molar-refractivity contribution < 1.29 is 9.59 Å². The first-order chi connectivity index (χ1) is 11.4. The van der Waals surface area contributed by atoms with Gasteiger partial charge in [0.1, 0.15) is 5.54 Å². The van der Waals surface area contributed by atoms with Gasteiger partial charge in [-0.1, -0.05) is 54.1 Å². The summed E-state index contributed by atoms with van der Waals surface area (Å²) in [5, 5.41) is 20.0. The lowest BCUT2D eigenvalue weighted by Crippen LogP contribution is -2.50. The van der Waals surface area contributed by atoms with Crippen molar-refractivity contribution in [1.82, 2.24) is 15.5 Å². The zero-order valence-corrected chi connectivity index (χ0v) is 15.7. The second-order valence-corrected chi connectivity index (χ2v) is 9.38. The molecule has 7 nitrogen and oxygen atoms in total. The highest BCUT2D eigenvalue weighted by Crippen LogP contribution is 2.32. The minimum absolute atomic E-state index is 0.153. The van der Waals surface area contributed by atoms with Crippen molar-refractivity contribution in [2.24, 2.45) is 5.73 Å². The maximum absolute atomic E-state index is 12.4. The van der Waals surface area contributed by atoms with E-state index in [-0.39, 0.29) is 16.9 Å². The zero-order valence-electron chi connectivity index (χ0n) is 13.3. The van der Waals surface area contributed by atoms with Gasteiger partial charge in [-0.15, -0.1) is 10.2 Å². The van der Waals surface area contributed by atoms with Gasteiger partial charge in [0.05, 0.1) is 17.1 Å². The Kier molecular flexibility index (Phi) is 6.89. The Morgan fingerprint density at radius 3 is 2.67 bits per heavy atom. The number of nitrogens with one attached hydrogen (secondary N) is 1. The molecule has 130 valence electrons. The standard InChI is InChI=1S/C14H19N5O2S3/c1-9(11(21)17-14(8-15)5-3-2-4-6-14)23-13-19-18-12(24-13)22-7-10(16)20/h9H,2-7H2,1H3,(H2,16,20)(H,17,21). The summed E-state index contributed by atoms with van der Waals surface area (Å²) in [7, 11) is 0. The number of amides is 2. The Balaban J connectivity index is 1.89. The molecule has 1 atom stereocenters. The summed E-state index contributed by atoms with van der Waals surface area (Å²) in [5.41, 5.74) is 4.37. The number of carbonyl (C=O) groups is 2. The number of rotatable bonds is 7. The van der Waals surface area contributed by atoms with Crippen LogP contribution in [0.1, 0.15) is 39.0 Å². The first kappa shape index (κ1) is 19.0. The van der Waals surface area contributed by atoms with E-state index in [1.807, 2.05) is 0 Å². The molecule has 2 amide bonds. The number of nitriles is 1. The Bertz CT molecular complexity index is 637. The van der Waals surface area contributed by atoms with Gasteiger partial charge >= 0.3 is 0 Å². The van der Waals surface area contributed by atoms with Gasteiger partial charge in [-0.05, 0) is 19.8 Å². The maximum Gasteiger partial charge on any atom is 0.234 e. The fraction of sp³-hybridized carbons (Fsp3) is 0.643. The van der Waals surface area contributed by atoms with E-state index in [4.69, 9.17) is 5.73 Å². The quantitative estimate of drug-likeness (QED) is 0.688. The number of primary amides is 1. The Hall–Kier alpha value is -1.31. The molecule has 1 saturated carbocycles. The SMILES string of the molecule is CC(Sc1nnc(SCC(N)=O)s1)C(=O)NC1(C#N)CCCCC1. The molecular weight excluding hydrogens is 366 g/mol. The number of aromatic nitrogens is 2. The van der Waals surface area contributed by atoms with Crippen molar-refractivity contribution in [3.63, 3.8) is 0 Å². The van der Waals surface area contributed by atoms with E-state index in [9.17, 15) is 14.9 Å². The van der Waals surface area contributed by atoms with Gasteiger partial charge in [0.25, 0.3) is 0 Å². The van der Waals surface area contributed by atoms with Crippen LogP contribution in [0.4, 0.5) is 0 Å². The molecule has 0 radical (unpaired) electrons. The van der Waals surface area contributed by atoms with Gasteiger partial charge in [0, 0.05) is 0 Å². The van der Waals surface area contributed by atoms with Crippen LogP contribution in [0.3, 0.4) is 0 Å². The van der Waals surface area contributed by atoms with Gasteiger partial charge in [-0.25, -0.2) is 0 Å². The van der Waals surface area contributed by atoms with Crippen molar-refractivity contribution in [2.75, 3.05) is 5.75 Å². The van der Waals surface area contributed by atoms with Crippen molar-refractivity contribution in [1.29, 1.82) is 5.26 Å². The largest absolute Gasteiger partial charge is 0.369 e. The highest BCUT2D eigenvalue weighted by Gasteiger charge is 2.35. The predicted molar refractivity (Wildman–Crippen MR) is 94.7 cm³/mol. The van der Waals surface area contributed by atoms with E-state index in [0.717, 1.165) is 19.3 Å². The van der Waals surface area contributed by atoms with Crippen LogP contribution in [0.25, 0.3) is 0 Å². The number of hydrogen-bond donors (Lipinski definition) is 2. The predicted octanol–water partition coefficient (Wildman–Crippen LogP) is 1.94. The van der Waals surface area contributed by atoms with E-state index in [2.05, 4.69) is 21.6 Å². The normalized spacial score (nSPS) is 17.7. The zero-order chi connectivity index (χ0) is 17.6. The molecule has 2 rings (SSSR count). The van der Waals surface area contributed by atoms with Gasteiger partial charge in [0.2, 0.25) is 11.8 Å².